The van der Waals surface area contributed by atoms with Crippen LogP contribution in [-0.4, -0.2) is 11.8 Å². The lowest BCUT2D eigenvalue weighted by molar-refractivity contribution is -0.120. The van der Waals surface area contributed by atoms with Crippen LogP contribution in [0.5, 0.6) is 0 Å². The van der Waals surface area contributed by atoms with Crippen LogP contribution < -0.4 is 11.1 Å². The van der Waals surface area contributed by atoms with Crippen molar-refractivity contribution < 1.29 is 4.79 Å². The number of hydrogen-bond acceptors (Lipinski definition) is 3. The number of nitrogens with two attached hydrogens (primary N) is 1. The van der Waals surface area contributed by atoms with Crippen LogP contribution in [0.4, 0.5) is 11.4 Å². The van der Waals surface area contributed by atoms with Crippen LogP contribution >= 0.6 is 0 Å². The van der Waals surface area contributed by atoms with E-state index in [1.165, 1.54) is 0 Å². The Balaban J connectivity index is 0.000000686. The van der Waals surface area contributed by atoms with E-state index in [1.807, 2.05) is 24.3 Å². The topological polar surface area (TPSA) is 55.1 Å². The van der Waals surface area contributed by atoms with Gasteiger partial charge < -0.3 is 11.1 Å². The van der Waals surface area contributed by atoms with Crippen LogP contribution in [0.3, 0.4) is 0 Å². The largest absolute Gasteiger partial charge is 0.397 e. The van der Waals surface area contributed by atoms with Crippen LogP contribution in [0.15, 0.2) is 37.4 Å². The minimum absolute atomic E-state index is 0.383. The summed E-state index contributed by atoms with van der Waals surface area (Å²) in [4.78, 5) is 11.1. The number of Topliss-reactive ketones (excluding diaryl/α,β-unsaturated/α-hetero) is 1. The molecule has 3 heteroatoms. The molecule has 0 amide bonds. The van der Waals surface area contributed by atoms with Crippen molar-refractivity contribution in [2.24, 2.45) is 0 Å². The molecule has 3 nitrogen and oxygen atoms in total. The summed E-state index contributed by atoms with van der Waals surface area (Å²) in [5.74, 6) is 0.383. The van der Waals surface area contributed by atoms with Gasteiger partial charge in [0.15, 0.2) is 0 Å². The number of benzene rings is 1. The summed E-state index contributed by atoms with van der Waals surface area (Å²) in [6.45, 7) is 6.00. The summed E-state index contributed by atoms with van der Waals surface area (Å²) < 4.78 is 0. The first-order valence-corrected chi connectivity index (χ1v) is 5.88. The molecule has 0 spiro atoms. The molecule has 3 N–H and O–H groups in total. The highest BCUT2D eigenvalue weighted by Gasteiger charge is 2.18. The van der Waals surface area contributed by atoms with Gasteiger partial charge in [-0.3, -0.25) is 4.79 Å². The van der Waals surface area contributed by atoms with Gasteiger partial charge in [-0.15, -0.1) is 13.2 Å². The Morgan fingerprint density at radius 2 is 1.76 bits per heavy atom. The van der Waals surface area contributed by atoms with Crippen LogP contribution in [0, 0.1) is 0 Å². The Morgan fingerprint density at radius 1 is 1.18 bits per heavy atom. The first-order chi connectivity index (χ1) is 8.25. The normalized spacial score (nSPS) is 15.9. The standard InChI is InChI=1S/C12H16N2O.C2H4/c13-11-3-1-2-4-12(11)14-9-5-7-10(15)8-6-9;1-2/h1-4,9,14H,5-8,13H2;1-2H2. The van der Waals surface area contributed by atoms with E-state index in [1.54, 1.807) is 0 Å². The van der Waals surface area contributed by atoms with Gasteiger partial charge in [-0.1, -0.05) is 12.1 Å². The highest BCUT2D eigenvalue weighted by molar-refractivity contribution is 5.79. The molecule has 0 saturated heterocycles. The van der Waals surface area contributed by atoms with E-state index in [4.69, 9.17) is 5.73 Å². The number of ketones is 1. The lowest BCUT2D eigenvalue weighted by Gasteiger charge is -2.23. The predicted molar refractivity (Wildman–Crippen MR) is 73.0 cm³/mol. The number of rotatable bonds is 2. The molecule has 0 radical (unpaired) electrons. The van der Waals surface area contributed by atoms with Crippen LogP contribution in [-0.2, 0) is 4.79 Å². The van der Waals surface area contributed by atoms with Crippen molar-refractivity contribution >= 4 is 17.2 Å². The summed E-state index contributed by atoms with van der Waals surface area (Å²) >= 11 is 0. The second-order valence-electron chi connectivity index (χ2n) is 4.04. The molecule has 1 aliphatic carbocycles. The second-order valence-corrected chi connectivity index (χ2v) is 4.04. The van der Waals surface area contributed by atoms with E-state index in [9.17, 15) is 4.79 Å². The fourth-order valence-corrected chi connectivity index (χ4v) is 1.93. The molecule has 2 rings (SSSR count). The third kappa shape index (κ3) is 3.94. The summed E-state index contributed by atoms with van der Waals surface area (Å²) in [5.41, 5.74) is 7.59. The number of nitrogen functional groups attached to an aromatic ring is 1. The third-order valence-corrected chi connectivity index (χ3v) is 2.86. The molecule has 0 heterocycles. The van der Waals surface area contributed by atoms with E-state index in [-0.39, 0.29) is 0 Å². The molecule has 17 heavy (non-hydrogen) atoms. The molecule has 92 valence electrons. The van der Waals surface area contributed by atoms with Crippen molar-refractivity contribution in [1.82, 2.24) is 0 Å². The highest BCUT2D eigenvalue weighted by atomic mass is 16.1. The summed E-state index contributed by atoms with van der Waals surface area (Å²) in [5, 5.41) is 3.39. The predicted octanol–water partition coefficient (Wildman–Crippen LogP) is 2.99. The van der Waals surface area contributed by atoms with Gasteiger partial charge in [0, 0.05) is 18.9 Å². The highest BCUT2D eigenvalue weighted by Crippen LogP contribution is 2.23. The van der Waals surface area contributed by atoms with E-state index >= 15 is 0 Å². The van der Waals surface area contributed by atoms with Crippen molar-refractivity contribution in [3.05, 3.63) is 37.4 Å². The van der Waals surface area contributed by atoms with E-state index in [0.29, 0.717) is 24.7 Å². The number of hydrogen-bond donors (Lipinski definition) is 2. The molecular formula is C14H20N2O. The van der Waals surface area contributed by atoms with Gasteiger partial charge in [0.25, 0.3) is 0 Å². The Hall–Kier alpha value is -1.77. The molecule has 1 aliphatic rings. The van der Waals surface area contributed by atoms with Crippen molar-refractivity contribution in [2.75, 3.05) is 11.1 Å². The van der Waals surface area contributed by atoms with E-state index < -0.39 is 0 Å². The van der Waals surface area contributed by atoms with Gasteiger partial charge >= 0.3 is 0 Å². The first-order valence-electron chi connectivity index (χ1n) is 5.88. The summed E-state index contributed by atoms with van der Waals surface area (Å²) in [7, 11) is 0. The average molecular weight is 232 g/mol. The maximum absolute atomic E-state index is 11.1. The SMILES string of the molecule is C=C.Nc1ccccc1NC1CCC(=O)CC1. The monoisotopic (exact) mass is 232 g/mol. The minimum Gasteiger partial charge on any atom is -0.397 e. The van der Waals surface area contributed by atoms with Gasteiger partial charge in [0.2, 0.25) is 0 Å². The van der Waals surface area contributed by atoms with Gasteiger partial charge in [-0.25, -0.2) is 0 Å². The van der Waals surface area contributed by atoms with E-state index in [0.717, 1.165) is 24.2 Å². The van der Waals surface area contributed by atoms with Crippen LogP contribution in [0.25, 0.3) is 0 Å². The van der Waals surface area contributed by atoms with Crippen LogP contribution in [0.2, 0.25) is 0 Å². The molecular weight excluding hydrogens is 212 g/mol. The average Bonchev–Trinajstić information content (AvgIpc) is 2.37. The van der Waals surface area contributed by atoms with Gasteiger partial charge in [0.05, 0.1) is 11.4 Å². The molecule has 1 aromatic rings. The molecule has 0 atom stereocenters. The fraction of sp³-hybridized carbons (Fsp3) is 0.357. The zero-order valence-corrected chi connectivity index (χ0v) is 10.1. The first kappa shape index (κ1) is 13.3. The Morgan fingerprint density at radius 3 is 2.35 bits per heavy atom. The van der Waals surface area contributed by atoms with Crippen molar-refractivity contribution in [3.8, 4) is 0 Å². The summed E-state index contributed by atoms with van der Waals surface area (Å²) in [6.07, 6.45) is 3.25. The zero-order valence-electron chi connectivity index (χ0n) is 10.1. The number of carbonyl (C=O) groups excluding carboxylic acids is 1. The molecule has 0 aliphatic heterocycles. The van der Waals surface area contributed by atoms with E-state index in [2.05, 4.69) is 18.5 Å². The second kappa shape index (κ2) is 6.74. The van der Waals surface area contributed by atoms with Gasteiger partial charge in [-0.05, 0) is 25.0 Å². The Kier molecular flexibility index (Phi) is 5.27. The van der Waals surface area contributed by atoms with Crippen molar-refractivity contribution in [3.63, 3.8) is 0 Å². The van der Waals surface area contributed by atoms with Crippen molar-refractivity contribution in [2.45, 2.75) is 31.7 Å². The molecule has 1 aromatic carbocycles. The zero-order chi connectivity index (χ0) is 12.7. The molecule has 0 bridgehead atoms. The summed E-state index contributed by atoms with van der Waals surface area (Å²) in [6, 6.07) is 8.15. The number of para-hydroxylation sites is 2. The lowest BCUT2D eigenvalue weighted by atomic mass is 9.94. The molecule has 1 fully saturated rings. The Bertz CT molecular complexity index is 366. The van der Waals surface area contributed by atoms with Gasteiger partial charge in [0.1, 0.15) is 5.78 Å². The molecule has 0 aromatic heterocycles. The Labute approximate surface area is 103 Å². The number of anilines is 2. The lowest BCUT2D eigenvalue weighted by Crippen LogP contribution is -2.26. The maximum Gasteiger partial charge on any atom is 0.133 e. The minimum atomic E-state index is 0.383. The number of carbonyl (C=O) groups is 1. The third-order valence-electron chi connectivity index (χ3n) is 2.86. The fourth-order valence-electron chi connectivity index (χ4n) is 1.93. The number of nitrogens with one attached hydrogen (secondary N) is 1. The van der Waals surface area contributed by atoms with Crippen LogP contribution in [0.1, 0.15) is 25.7 Å². The maximum atomic E-state index is 11.1. The van der Waals surface area contributed by atoms with Gasteiger partial charge in [-0.2, -0.15) is 0 Å². The smallest absolute Gasteiger partial charge is 0.133 e. The van der Waals surface area contributed by atoms with Crippen molar-refractivity contribution in [1.29, 1.82) is 0 Å². The molecule has 1 saturated carbocycles. The molecule has 0 unspecified atom stereocenters. The quantitative estimate of drug-likeness (QED) is 0.609.